The molecule has 0 saturated carbocycles. The Kier molecular flexibility index (Phi) is 3.52. The Labute approximate surface area is 54.2 Å². The second kappa shape index (κ2) is 3.66. The third-order valence-electron chi connectivity index (χ3n) is 0.658. The summed E-state index contributed by atoms with van der Waals surface area (Å²) in [7, 11) is 0. The Morgan fingerprint density at radius 2 is 2.50 bits per heavy atom. The quantitative estimate of drug-likeness (QED) is 0.434. The maximum Gasteiger partial charge on any atom is 0.174 e. The molecule has 0 aromatic heterocycles. The molecule has 0 spiro atoms. The predicted octanol–water partition coefficient (Wildman–Crippen LogP) is 0.913. The van der Waals surface area contributed by atoms with Crippen LogP contribution in [0.1, 0.15) is 13.3 Å². The lowest BCUT2D eigenvalue weighted by molar-refractivity contribution is -0.112. The van der Waals surface area contributed by atoms with Gasteiger partial charge >= 0.3 is 0 Å². The van der Waals surface area contributed by atoms with Crippen molar-refractivity contribution in [3.63, 3.8) is 0 Å². The third-order valence-corrected chi connectivity index (χ3v) is 0.840. The standard InChI is InChI=1S/C5H9NOS/c1-4(8)2-5(7)3-6/h3-4,6,8H,2H2,1H3. The van der Waals surface area contributed by atoms with Crippen LogP contribution in [0.5, 0.6) is 0 Å². The highest BCUT2D eigenvalue weighted by atomic mass is 32.1. The van der Waals surface area contributed by atoms with Gasteiger partial charge in [-0.2, -0.15) is 12.6 Å². The number of ketones is 1. The zero-order valence-electron chi connectivity index (χ0n) is 4.72. The first-order chi connectivity index (χ1) is 3.66. The maximum atomic E-state index is 10.3. The fourth-order valence-corrected chi connectivity index (χ4v) is 0.530. The highest BCUT2D eigenvalue weighted by molar-refractivity contribution is 7.80. The molecule has 0 rings (SSSR count). The number of carbonyl (C=O) groups excluding carboxylic acids is 1. The minimum absolute atomic E-state index is 0.0732. The van der Waals surface area contributed by atoms with Gasteiger partial charge in [-0.15, -0.1) is 0 Å². The third kappa shape index (κ3) is 3.87. The average Bonchev–Trinajstić information content (AvgIpc) is 1.65. The van der Waals surface area contributed by atoms with Crippen molar-refractivity contribution in [2.75, 3.05) is 0 Å². The molecule has 3 heteroatoms. The van der Waals surface area contributed by atoms with Crippen molar-refractivity contribution in [2.24, 2.45) is 0 Å². The smallest absolute Gasteiger partial charge is 0.174 e. The Morgan fingerprint density at radius 3 is 2.62 bits per heavy atom. The van der Waals surface area contributed by atoms with Crippen LogP contribution in [0.25, 0.3) is 0 Å². The first-order valence-electron chi connectivity index (χ1n) is 2.38. The molecule has 0 bridgehead atoms. The lowest BCUT2D eigenvalue weighted by atomic mass is 10.2. The fourth-order valence-electron chi connectivity index (χ4n) is 0.350. The van der Waals surface area contributed by atoms with E-state index in [4.69, 9.17) is 5.41 Å². The molecule has 2 nitrogen and oxygen atoms in total. The molecule has 0 aromatic rings. The summed E-state index contributed by atoms with van der Waals surface area (Å²) in [6, 6.07) is 0. The van der Waals surface area contributed by atoms with E-state index in [0.717, 1.165) is 6.21 Å². The lowest BCUT2D eigenvalue weighted by Gasteiger charge is -1.95. The highest BCUT2D eigenvalue weighted by Crippen LogP contribution is 1.97. The first-order valence-corrected chi connectivity index (χ1v) is 2.90. The van der Waals surface area contributed by atoms with Crippen molar-refractivity contribution in [3.05, 3.63) is 0 Å². The molecule has 0 aromatic carbocycles. The van der Waals surface area contributed by atoms with E-state index in [1.165, 1.54) is 0 Å². The molecule has 8 heavy (non-hydrogen) atoms. The summed E-state index contributed by atoms with van der Waals surface area (Å²) in [4.78, 5) is 10.3. The topological polar surface area (TPSA) is 40.9 Å². The Balaban J connectivity index is 3.39. The molecule has 0 aliphatic rings. The minimum Gasteiger partial charge on any atom is -0.305 e. The van der Waals surface area contributed by atoms with Gasteiger partial charge in [-0.25, -0.2) is 0 Å². The molecular weight excluding hydrogens is 122 g/mol. The van der Waals surface area contributed by atoms with Gasteiger partial charge in [-0.1, -0.05) is 6.92 Å². The van der Waals surface area contributed by atoms with Gasteiger partial charge in [0.1, 0.15) is 0 Å². The largest absolute Gasteiger partial charge is 0.305 e. The summed E-state index contributed by atoms with van der Waals surface area (Å²) >= 11 is 3.97. The van der Waals surface area contributed by atoms with Crippen LogP contribution in [-0.4, -0.2) is 17.2 Å². The molecule has 0 radical (unpaired) electrons. The van der Waals surface area contributed by atoms with Crippen LogP contribution >= 0.6 is 12.6 Å². The molecule has 0 aliphatic carbocycles. The van der Waals surface area contributed by atoms with E-state index in [1.807, 2.05) is 6.92 Å². The monoisotopic (exact) mass is 131 g/mol. The molecule has 1 unspecified atom stereocenters. The number of carbonyl (C=O) groups is 1. The van der Waals surface area contributed by atoms with Crippen LogP contribution < -0.4 is 0 Å². The number of nitrogens with one attached hydrogen (secondary N) is 1. The van der Waals surface area contributed by atoms with Crippen molar-refractivity contribution in [1.82, 2.24) is 0 Å². The Morgan fingerprint density at radius 1 is 2.00 bits per heavy atom. The van der Waals surface area contributed by atoms with Crippen molar-refractivity contribution in [2.45, 2.75) is 18.6 Å². The van der Waals surface area contributed by atoms with Crippen LogP contribution in [0.15, 0.2) is 0 Å². The van der Waals surface area contributed by atoms with Gasteiger partial charge in [0.25, 0.3) is 0 Å². The second-order valence-corrected chi connectivity index (χ2v) is 2.55. The second-order valence-electron chi connectivity index (χ2n) is 1.66. The summed E-state index contributed by atoms with van der Waals surface area (Å²) in [5.41, 5.74) is 0. The van der Waals surface area contributed by atoms with Gasteiger partial charge in [-0.3, -0.25) is 4.79 Å². The normalized spacial score (nSPS) is 12.8. The molecule has 0 amide bonds. The molecule has 0 heterocycles. The van der Waals surface area contributed by atoms with E-state index < -0.39 is 0 Å². The average molecular weight is 131 g/mol. The number of hydrogen-bond donors (Lipinski definition) is 2. The fraction of sp³-hybridized carbons (Fsp3) is 0.600. The van der Waals surface area contributed by atoms with Crippen LogP contribution in [0, 0.1) is 5.41 Å². The first kappa shape index (κ1) is 7.69. The molecule has 46 valence electrons. The number of hydrogen-bond acceptors (Lipinski definition) is 3. The lowest BCUT2D eigenvalue weighted by Crippen LogP contribution is -2.04. The van der Waals surface area contributed by atoms with Gasteiger partial charge in [0.2, 0.25) is 0 Å². The predicted molar refractivity (Wildman–Crippen MR) is 36.9 cm³/mol. The molecule has 0 aliphatic heterocycles. The summed E-state index contributed by atoms with van der Waals surface area (Å²) in [5, 5.41) is 6.57. The van der Waals surface area contributed by atoms with E-state index in [-0.39, 0.29) is 11.0 Å². The van der Waals surface area contributed by atoms with Crippen LogP contribution in [-0.2, 0) is 4.79 Å². The van der Waals surface area contributed by atoms with E-state index >= 15 is 0 Å². The molecule has 1 N–H and O–H groups in total. The summed E-state index contributed by atoms with van der Waals surface area (Å²) in [6.07, 6.45) is 1.19. The highest BCUT2D eigenvalue weighted by Gasteiger charge is 1.99. The Hall–Kier alpha value is -0.310. The van der Waals surface area contributed by atoms with Gasteiger partial charge in [0.05, 0.1) is 6.21 Å². The van der Waals surface area contributed by atoms with Crippen LogP contribution in [0.2, 0.25) is 0 Å². The minimum atomic E-state index is -0.160. The molecule has 0 saturated heterocycles. The van der Waals surface area contributed by atoms with E-state index in [1.54, 1.807) is 0 Å². The van der Waals surface area contributed by atoms with Crippen molar-refractivity contribution in [1.29, 1.82) is 5.41 Å². The van der Waals surface area contributed by atoms with E-state index in [0.29, 0.717) is 6.42 Å². The van der Waals surface area contributed by atoms with Crippen molar-refractivity contribution in [3.8, 4) is 0 Å². The van der Waals surface area contributed by atoms with E-state index in [2.05, 4.69) is 12.6 Å². The van der Waals surface area contributed by atoms with Gasteiger partial charge in [-0.05, 0) is 0 Å². The zero-order valence-corrected chi connectivity index (χ0v) is 5.61. The van der Waals surface area contributed by atoms with E-state index in [9.17, 15) is 4.79 Å². The zero-order chi connectivity index (χ0) is 6.57. The van der Waals surface area contributed by atoms with Gasteiger partial charge < -0.3 is 5.41 Å². The summed E-state index contributed by atoms with van der Waals surface area (Å²) in [6.45, 7) is 1.82. The maximum absolute atomic E-state index is 10.3. The van der Waals surface area contributed by atoms with Gasteiger partial charge in [0, 0.05) is 11.7 Å². The van der Waals surface area contributed by atoms with Crippen molar-refractivity contribution < 1.29 is 4.79 Å². The summed E-state index contributed by atoms with van der Waals surface area (Å²) in [5.74, 6) is -0.160. The molecule has 1 atom stereocenters. The molecule has 0 fully saturated rings. The molecular formula is C5H9NOS. The number of Topliss-reactive ketones (excluding diaryl/α,β-unsaturated/α-hetero) is 1. The number of rotatable bonds is 3. The van der Waals surface area contributed by atoms with Crippen LogP contribution in [0.4, 0.5) is 0 Å². The Bertz CT molecular complexity index is 101. The SMILES string of the molecule is CC(S)CC(=O)C=N. The summed E-state index contributed by atoms with van der Waals surface area (Å²) < 4.78 is 0. The number of thiol groups is 1. The van der Waals surface area contributed by atoms with Crippen LogP contribution in [0.3, 0.4) is 0 Å². The van der Waals surface area contributed by atoms with Gasteiger partial charge in [0.15, 0.2) is 5.78 Å². The van der Waals surface area contributed by atoms with Crippen molar-refractivity contribution >= 4 is 24.6 Å².